The lowest BCUT2D eigenvalue weighted by molar-refractivity contribution is 0.355. The Kier molecular flexibility index (Phi) is 8.27. The summed E-state index contributed by atoms with van der Waals surface area (Å²) in [4.78, 5) is 4.66. The minimum atomic E-state index is 0.648. The van der Waals surface area contributed by atoms with E-state index < -0.39 is 0 Å². The molecular formula is C54H40N2O4. The average Bonchev–Trinajstić information content (AvgIpc) is 3.31. The minimum absolute atomic E-state index is 0.648. The molecule has 0 saturated carbocycles. The first-order chi connectivity index (χ1) is 29.6. The van der Waals surface area contributed by atoms with Crippen LogP contribution in [0.15, 0.2) is 170 Å². The molecule has 0 unspecified atom stereocenters. The number of rotatable bonds is 10. The zero-order valence-electron chi connectivity index (χ0n) is 33.7. The summed E-state index contributed by atoms with van der Waals surface area (Å²) in [6.45, 7) is 0. The maximum absolute atomic E-state index is 5.90. The molecule has 0 aliphatic rings. The summed E-state index contributed by atoms with van der Waals surface area (Å²) in [6, 6.07) is 60.9. The Labute approximate surface area is 347 Å². The largest absolute Gasteiger partial charge is 0.493 e. The molecule has 0 radical (unpaired) electrons. The zero-order valence-corrected chi connectivity index (χ0v) is 33.7. The lowest BCUT2D eigenvalue weighted by Gasteiger charge is -2.31. The van der Waals surface area contributed by atoms with Gasteiger partial charge in [-0.05, 0) is 108 Å². The number of hydrogen-bond donors (Lipinski definition) is 0. The molecule has 11 rings (SSSR count). The van der Waals surface area contributed by atoms with E-state index in [4.69, 9.17) is 18.9 Å². The normalized spacial score (nSPS) is 11.7. The minimum Gasteiger partial charge on any atom is -0.493 e. The Balaban J connectivity index is 1.18. The van der Waals surface area contributed by atoms with E-state index in [0.29, 0.717) is 23.0 Å². The molecule has 0 fully saturated rings. The lowest BCUT2D eigenvalue weighted by Crippen LogP contribution is -2.14. The van der Waals surface area contributed by atoms with Crippen molar-refractivity contribution in [3.05, 3.63) is 170 Å². The Morgan fingerprint density at radius 3 is 1.02 bits per heavy atom. The molecule has 0 aromatic heterocycles. The molecule has 0 N–H and O–H groups in total. The van der Waals surface area contributed by atoms with Crippen molar-refractivity contribution < 1.29 is 18.9 Å². The SMILES string of the molecule is COc1ccc(N(c2cccc(N(c3ccc(OC)c(OC)c3)c3ccc4ccc5cccc6ccc3c4c56)c2)c2ccc3ccc4cccc5ccc2c3c45)cc1OC. The van der Waals surface area contributed by atoms with E-state index in [2.05, 4.69) is 168 Å². The highest BCUT2D eigenvalue weighted by molar-refractivity contribution is 6.27. The fourth-order valence-electron chi connectivity index (χ4n) is 9.38. The predicted molar refractivity (Wildman–Crippen MR) is 249 cm³/mol. The Morgan fingerprint density at radius 1 is 0.283 bits per heavy atom. The molecule has 0 aliphatic heterocycles. The smallest absolute Gasteiger partial charge is 0.162 e. The highest BCUT2D eigenvalue weighted by atomic mass is 16.5. The van der Waals surface area contributed by atoms with Gasteiger partial charge in [-0.25, -0.2) is 0 Å². The van der Waals surface area contributed by atoms with Crippen LogP contribution in [0.1, 0.15) is 0 Å². The van der Waals surface area contributed by atoms with E-state index in [1.54, 1.807) is 28.4 Å². The van der Waals surface area contributed by atoms with Crippen LogP contribution in [0.3, 0.4) is 0 Å². The molecule has 60 heavy (non-hydrogen) atoms. The number of ether oxygens (including phenoxy) is 4. The second kappa shape index (κ2) is 14.0. The van der Waals surface area contributed by atoms with Crippen LogP contribution in [0.5, 0.6) is 23.0 Å². The number of benzene rings is 11. The maximum Gasteiger partial charge on any atom is 0.162 e. The highest BCUT2D eigenvalue weighted by Crippen LogP contribution is 2.49. The number of nitrogens with zero attached hydrogens (tertiary/aromatic N) is 2. The van der Waals surface area contributed by atoms with E-state index in [0.717, 1.165) is 44.9 Å². The molecule has 0 bridgehead atoms. The molecule has 0 spiro atoms. The van der Waals surface area contributed by atoms with Crippen molar-refractivity contribution in [3.8, 4) is 23.0 Å². The van der Waals surface area contributed by atoms with Crippen LogP contribution in [0.4, 0.5) is 34.1 Å². The topological polar surface area (TPSA) is 43.4 Å². The van der Waals surface area contributed by atoms with Crippen molar-refractivity contribution in [2.45, 2.75) is 0 Å². The second-order valence-electron chi connectivity index (χ2n) is 15.2. The van der Waals surface area contributed by atoms with Gasteiger partial charge < -0.3 is 28.7 Å². The van der Waals surface area contributed by atoms with E-state index in [-0.39, 0.29) is 0 Å². The zero-order chi connectivity index (χ0) is 40.5. The third-order valence-electron chi connectivity index (χ3n) is 12.1. The van der Waals surface area contributed by atoms with Crippen LogP contribution >= 0.6 is 0 Å². The van der Waals surface area contributed by atoms with Crippen LogP contribution in [0.25, 0.3) is 64.6 Å². The monoisotopic (exact) mass is 780 g/mol. The maximum atomic E-state index is 5.90. The predicted octanol–water partition coefficient (Wildman–Crippen LogP) is 14.5. The summed E-state index contributed by atoms with van der Waals surface area (Å²) in [5.74, 6) is 2.63. The van der Waals surface area contributed by atoms with Crippen molar-refractivity contribution in [1.82, 2.24) is 0 Å². The van der Waals surface area contributed by atoms with Crippen LogP contribution in [-0.2, 0) is 0 Å². The van der Waals surface area contributed by atoms with Crippen molar-refractivity contribution >= 4 is 98.8 Å². The Morgan fingerprint density at radius 2 is 0.617 bits per heavy atom. The molecule has 0 heterocycles. The van der Waals surface area contributed by atoms with E-state index in [1.807, 2.05) is 12.1 Å². The summed E-state index contributed by atoms with van der Waals surface area (Å²) in [5, 5.41) is 14.6. The van der Waals surface area contributed by atoms with Gasteiger partial charge in [0.05, 0.1) is 51.2 Å². The summed E-state index contributed by atoms with van der Waals surface area (Å²) >= 11 is 0. The molecule has 11 aromatic rings. The lowest BCUT2D eigenvalue weighted by atomic mass is 9.93. The molecule has 6 nitrogen and oxygen atoms in total. The molecule has 290 valence electrons. The van der Waals surface area contributed by atoms with Crippen molar-refractivity contribution in [2.24, 2.45) is 0 Å². The second-order valence-corrected chi connectivity index (χ2v) is 15.2. The van der Waals surface area contributed by atoms with Crippen LogP contribution in [0.2, 0.25) is 0 Å². The van der Waals surface area contributed by atoms with Gasteiger partial charge in [-0.2, -0.15) is 0 Å². The van der Waals surface area contributed by atoms with Crippen molar-refractivity contribution in [3.63, 3.8) is 0 Å². The number of anilines is 6. The summed E-state index contributed by atoms with van der Waals surface area (Å²) in [5.41, 5.74) is 5.90. The van der Waals surface area contributed by atoms with Crippen molar-refractivity contribution in [2.75, 3.05) is 38.2 Å². The van der Waals surface area contributed by atoms with E-state index >= 15 is 0 Å². The quantitative estimate of drug-likeness (QED) is 0.129. The van der Waals surface area contributed by atoms with Gasteiger partial charge >= 0.3 is 0 Å². The van der Waals surface area contributed by atoms with Gasteiger partial charge in [-0.15, -0.1) is 0 Å². The first-order valence-electron chi connectivity index (χ1n) is 20.0. The van der Waals surface area contributed by atoms with Crippen molar-refractivity contribution in [1.29, 1.82) is 0 Å². The molecule has 0 saturated heterocycles. The third kappa shape index (κ3) is 5.41. The Bertz CT molecular complexity index is 3160. The molecule has 6 heteroatoms. The van der Waals surface area contributed by atoms with Crippen LogP contribution in [-0.4, -0.2) is 28.4 Å². The molecule has 11 aromatic carbocycles. The molecule has 0 aliphatic carbocycles. The van der Waals surface area contributed by atoms with Gasteiger partial charge in [0.2, 0.25) is 0 Å². The average molecular weight is 781 g/mol. The summed E-state index contributed by atoms with van der Waals surface area (Å²) in [7, 11) is 6.70. The van der Waals surface area contributed by atoms with Gasteiger partial charge in [-0.3, -0.25) is 0 Å². The van der Waals surface area contributed by atoms with Gasteiger partial charge in [-0.1, -0.05) is 103 Å². The summed E-state index contributed by atoms with van der Waals surface area (Å²) < 4.78 is 23.3. The van der Waals surface area contributed by atoms with E-state index in [9.17, 15) is 0 Å². The number of hydrogen-bond acceptors (Lipinski definition) is 6. The molecular weight excluding hydrogens is 741 g/mol. The summed E-state index contributed by atoms with van der Waals surface area (Å²) in [6.07, 6.45) is 0. The first kappa shape index (κ1) is 35.5. The van der Waals surface area contributed by atoms with Crippen LogP contribution in [0, 0.1) is 0 Å². The van der Waals surface area contributed by atoms with Crippen LogP contribution < -0.4 is 28.7 Å². The molecule has 0 amide bonds. The van der Waals surface area contributed by atoms with Gasteiger partial charge in [0.15, 0.2) is 23.0 Å². The highest BCUT2D eigenvalue weighted by Gasteiger charge is 2.24. The third-order valence-corrected chi connectivity index (χ3v) is 12.1. The van der Waals surface area contributed by atoms with Gasteiger partial charge in [0, 0.05) is 34.3 Å². The van der Waals surface area contributed by atoms with Gasteiger partial charge in [0.1, 0.15) is 0 Å². The van der Waals surface area contributed by atoms with Gasteiger partial charge in [0.25, 0.3) is 0 Å². The number of methoxy groups -OCH3 is 4. The Hall–Kier alpha value is -7.70. The molecule has 0 atom stereocenters. The fraction of sp³-hybridized carbons (Fsp3) is 0.0741. The fourth-order valence-corrected chi connectivity index (χ4v) is 9.38. The first-order valence-corrected chi connectivity index (χ1v) is 20.0. The standard InChI is InChI=1S/C54H40N2O4/c1-57-47-28-22-41(31-49(47)59-3)55(45-26-20-37-16-14-33-8-5-10-35-18-24-43(45)53(37)51(33)35)39-12-7-13-40(30-39)56(42-23-29-48(58-2)50(32-42)60-4)46-27-21-38-17-15-34-9-6-11-36-19-25-44(46)54(38)52(34)36/h5-32H,1-4H3. The van der Waals surface area contributed by atoms with E-state index in [1.165, 1.54) is 53.9 Å².